The number of aryl methyl sites for hydroxylation is 1. The van der Waals surface area contributed by atoms with Gasteiger partial charge < -0.3 is 15.4 Å². The molecule has 2 rings (SSSR count). The zero-order valence-corrected chi connectivity index (χ0v) is 20.2. The van der Waals surface area contributed by atoms with E-state index >= 15 is 0 Å². The summed E-state index contributed by atoms with van der Waals surface area (Å²) in [6, 6.07) is 12.1. The van der Waals surface area contributed by atoms with Crippen molar-refractivity contribution in [2.45, 2.75) is 37.6 Å². The molecule has 2 aromatic carbocycles. The number of nitrogens with two attached hydrogens (primary N) is 1. The van der Waals surface area contributed by atoms with E-state index in [0.717, 1.165) is 18.4 Å². The fraction of sp³-hybridized carbons (Fsp3) is 0.333. The number of carbonyl (C=O) groups excluding carboxylic acids is 2. The molecule has 0 saturated heterocycles. The number of carbonyl (C=O) groups is 2. The van der Waals surface area contributed by atoms with Crippen LogP contribution in [0.4, 0.5) is 0 Å². The van der Waals surface area contributed by atoms with Crippen LogP contribution in [0, 0.1) is 0 Å². The molecule has 0 aliphatic rings. The van der Waals surface area contributed by atoms with Gasteiger partial charge in [0.25, 0.3) is 0 Å². The zero-order valence-electron chi connectivity index (χ0n) is 19.4. The number of nitrogens with zero attached hydrogens (tertiary/aromatic N) is 1. The predicted molar refractivity (Wildman–Crippen MR) is 128 cm³/mol. The van der Waals surface area contributed by atoms with Crippen molar-refractivity contribution in [3.05, 3.63) is 65.2 Å². The Labute approximate surface area is 195 Å². The van der Waals surface area contributed by atoms with E-state index in [-0.39, 0.29) is 23.2 Å². The molecule has 9 heteroatoms. The molecule has 2 amide bonds. The summed E-state index contributed by atoms with van der Waals surface area (Å²) in [6.07, 6.45) is 4.78. The van der Waals surface area contributed by atoms with Crippen LogP contribution in [-0.4, -0.2) is 45.8 Å². The number of rotatable bonds is 11. The topological polar surface area (TPSA) is 119 Å². The highest BCUT2D eigenvalue weighted by atomic mass is 32.2. The van der Waals surface area contributed by atoms with Gasteiger partial charge in [0.2, 0.25) is 21.8 Å². The third kappa shape index (κ3) is 6.90. The van der Waals surface area contributed by atoms with E-state index in [9.17, 15) is 18.0 Å². The molecule has 1 unspecified atom stereocenters. The van der Waals surface area contributed by atoms with E-state index in [4.69, 9.17) is 10.5 Å². The normalized spacial score (nSPS) is 12.5. The van der Waals surface area contributed by atoms with E-state index in [2.05, 4.69) is 11.6 Å². The molecule has 0 saturated carbocycles. The number of methoxy groups -OCH3 is 1. The largest absolute Gasteiger partial charge is 0.495 e. The van der Waals surface area contributed by atoms with Gasteiger partial charge in [-0.3, -0.25) is 9.59 Å². The predicted octanol–water partition coefficient (Wildman–Crippen LogP) is 2.64. The van der Waals surface area contributed by atoms with Crippen LogP contribution in [0.1, 0.15) is 43.0 Å². The van der Waals surface area contributed by atoms with Gasteiger partial charge in [-0.25, -0.2) is 13.1 Å². The van der Waals surface area contributed by atoms with E-state index in [0.29, 0.717) is 5.56 Å². The summed E-state index contributed by atoms with van der Waals surface area (Å²) in [5.41, 5.74) is 7.95. The number of primary amides is 1. The van der Waals surface area contributed by atoms with E-state index in [1.165, 1.54) is 48.9 Å². The van der Waals surface area contributed by atoms with Crippen LogP contribution in [0.15, 0.2) is 53.4 Å². The fourth-order valence-electron chi connectivity index (χ4n) is 3.39. The van der Waals surface area contributed by atoms with Gasteiger partial charge >= 0.3 is 0 Å². The maximum absolute atomic E-state index is 13.0. The second kappa shape index (κ2) is 11.6. The Morgan fingerprint density at radius 1 is 1.18 bits per heavy atom. The highest BCUT2D eigenvalue weighted by molar-refractivity contribution is 7.89. The third-order valence-corrected chi connectivity index (χ3v) is 6.68. The smallest absolute Gasteiger partial charge is 0.247 e. The van der Waals surface area contributed by atoms with Gasteiger partial charge in [0.15, 0.2) is 0 Å². The van der Waals surface area contributed by atoms with Gasteiger partial charge in [-0.2, -0.15) is 0 Å². The van der Waals surface area contributed by atoms with Crippen LogP contribution in [-0.2, 0) is 26.0 Å². The zero-order chi connectivity index (χ0) is 24.6. The lowest BCUT2D eigenvalue weighted by molar-refractivity contribution is -0.133. The first kappa shape index (κ1) is 26.1. The quantitative estimate of drug-likeness (QED) is 0.486. The standard InChI is InChI=1S/C24H31N3O5S/c1-5-6-18-7-11-20(12-8-18)17(2)27(16-23(25)28)24(29)14-10-19-9-13-21(32-4)22(15-19)33(30,31)26-3/h7-15,17,26H,5-6,16H2,1-4H3,(H2,25,28). The lowest BCUT2D eigenvalue weighted by Gasteiger charge is -2.27. The molecule has 33 heavy (non-hydrogen) atoms. The monoisotopic (exact) mass is 473 g/mol. The van der Waals surface area contributed by atoms with Crippen molar-refractivity contribution in [2.75, 3.05) is 20.7 Å². The summed E-state index contributed by atoms with van der Waals surface area (Å²) in [5, 5.41) is 0. The number of hydrogen-bond acceptors (Lipinski definition) is 5. The molecule has 0 radical (unpaired) electrons. The Hall–Kier alpha value is -3.17. The number of amides is 2. The summed E-state index contributed by atoms with van der Waals surface area (Å²) in [5.74, 6) is -0.867. The van der Waals surface area contributed by atoms with Crippen LogP contribution >= 0.6 is 0 Å². The second-order valence-electron chi connectivity index (χ2n) is 7.55. The number of benzene rings is 2. The molecule has 8 nitrogen and oxygen atoms in total. The van der Waals surface area contributed by atoms with Gasteiger partial charge in [-0.15, -0.1) is 0 Å². The molecule has 0 aliphatic carbocycles. The number of hydrogen-bond donors (Lipinski definition) is 2. The first-order valence-corrected chi connectivity index (χ1v) is 12.1. The van der Waals surface area contributed by atoms with E-state index < -0.39 is 21.8 Å². The Morgan fingerprint density at radius 3 is 2.39 bits per heavy atom. The van der Waals surface area contributed by atoms with Crippen molar-refractivity contribution in [1.82, 2.24) is 9.62 Å². The lowest BCUT2D eigenvalue weighted by Crippen LogP contribution is -2.39. The number of sulfonamides is 1. The second-order valence-corrected chi connectivity index (χ2v) is 9.41. The molecule has 2 aromatic rings. The Bertz CT molecular complexity index is 1110. The average molecular weight is 474 g/mol. The number of ether oxygens (including phenoxy) is 1. The Morgan fingerprint density at radius 2 is 1.85 bits per heavy atom. The maximum atomic E-state index is 13.0. The van der Waals surface area contributed by atoms with Crippen LogP contribution in [0.3, 0.4) is 0 Å². The molecule has 1 atom stereocenters. The minimum Gasteiger partial charge on any atom is -0.495 e. The Balaban J connectivity index is 2.31. The summed E-state index contributed by atoms with van der Waals surface area (Å²) in [6.45, 7) is 3.69. The van der Waals surface area contributed by atoms with Crippen LogP contribution in [0.5, 0.6) is 5.75 Å². The van der Waals surface area contributed by atoms with Crippen molar-refractivity contribution < 1.29 is 22.7 Å². The van der Waals surface area contributed by atoms with Crippen LogP contribution in [0.25, 0.3) is 6.08 Å². The summed E-state index contributed by atoms with van der Waals surface area (Å²) in [7, 11) is -1.08. The van der Waals surface area contributed by atoms with Gasteiger partial charge in [-0.1, -0.05) is 43.7 Å². The first-order valence-electron chi connectivity index (χ1n) is 10.6. The molecule has 0 fully saturated rings. The van der Waals surface area contributed by atoms with Crippen molar-refractivity contribution >= 4 is 27.9 Å². The number of nitrogens with one attached hydrogen (secondary N) is 1. The molecule has 0 heterocycles. The molecule has 178 valence electrons. The molecule has 0 bridgehead atoms. The van der Waals surface area contributed by atoms with Crippen molar-refractivity contribution in [3.63, 3.8) is 0 Å². The van der Waals surface area contributed by atoms with Gasteiger partial charge in [0, 0.05) is 6.08 Å². The molecule has 0 aliphatic heterocycles. The highest BCUT2D eigenvalue weighted by Gasteiger charge is 2.22. The fourth-order valence-corrected chi connectivity index (χ4v) is 4.31. The minimum absolute atomic E-state index is 0.0448. The van der Waals surface area contributed by atoms with Crippen molar-refractivity contribution in [3.8, 4) is 5.75 Å². The van der Waals surface area contributed by atoms with Gasteiger partial charge in [0.05, 0.1) is 13.2 Å². The van der Waals surface area contributed by atoms with E-state index in [1.54, 1.807) is 6.07 Å². The summed E-state index contributed by atoms with van der Waals surface area (Å²) < 4.78 is 31.9. The molecule has 0 aromatic heterocycles. The summed E-state index contributed by atoms with van der Waals surface area (Å²) in [4.78, 5) is 25.9. The Kier molecular flexibility index (Phi) is 9.19. The molecular formula is C24H31N3O5S. The minimum atomic E-state index is -3.76. The highest BCUT2D eigenvalue weighted by Crippen LogP contribution is 2.26. The van der Waals surface area contributed by atoms with Crippen molar-refractivity contribution in [1.29, 1.82) is 0 Å². The SMILES string of the molecule is CCCc1ccc(C(C)N(CC(N)=O)C(=O)C=Cc2ccc(OC)c(S(=O)(=O)NC)c2)cc1. The molecule has 0 spiro atoms. The van der Waals surface area contributed by atoms with Crippen LogP contribution in [0.2, 0.25) is 0 Å². The van der Waals surface area contributed by atoms with E-state index in [1.807, 2.05) is 31.2 Å². The van der Waals surface area contributed by atoms with Gasteiger partial charge in [0.1, 0.15) is 17.2 Å². The maximum Gasteiger partial charge on any atom is 0.247 e. The first-order chi connectivity index (χ1) is 15.6. The van der Waals surface area contributed by atoms with Crippen molar-refractivity contribution in [2.24, 2.45) is 5.73 Å². The summed E-state index contributed by atoms with van der Waals surface area (Å²) >= 11 is 0. The van der Waals surface area contributed by atoms with Crippen LogP contribution < -0.4 is 15.2 Å². The molecule has 3 N–H and O–H groups in total. The van der Waals surface area contributed by atoms with Gasteiger partial charge in [-0.05, 0) is 55.3 Å². The third-order valence-electron chi connectivity index (χ3n) is 5.24. The molecular weight excluding hydrogens is 442 g/mol. The lowest BCUT2D eigenvalue weighted by atomic mass is 10.0. The average Bonchev–Trinajstić information content (AvgIpc) is 2.81.